The van der Waals surface area contributed by atoms with Crippen molar-refractivity contribution in [2.24, 2.45) is 0 Å². The summed E-state index contributed by atoms with van der Waals surface area (Å²) in [6.45, 7) is 2.38. The molecule has 15 heavy (non-hydrogen) atoms. The van der Waals surface area contributed by atoms with Crippen LogP contribution in [0.25, 0.3) is 0 Å². The van der Waals surface area contributed by atoms with Crippen LogP contribution in [0.15, 0.2) is 12.4 Å². The van der Waals surface area contributed by atoms with Crippen molar-refractivity contribution >= 4 is 5.69 Å². The number of hydrogen-bond donors (Lipinski definition) is 0. The van der Waals surface area contributed by atoms with Crippen molar-refractivity contribution in [2.75, 3.05) is 20.3 Å². The van der Waals surface area contributed by atoms with Crippen molar-refractivity contribution in [3.05, 3.63) is 28.1 Å². The number of aromatic nitrogens is 1. The Balaban J connectivity index is 2.87. The van der Waals surface area contributed by atoms with Crippen molar-refractivity contribution < 1.29 is 14.4 Å². The Kier molecular flexibility index (Phi) is 3.99. The van der Waals surface area contributed by atoms with Gasteiger partial charge >= 0.3 is 5.69 Å². The van der Waals surface area contributed by atoms with E-state index in [2.05, 4.69) is 4.98 Å². The van der Waals surface area contributed by atoms with Crippen molar-refractivity contribution in [1.29, 1.82) is 0 Å². The molecule has 0 radical (unpaired) electrons. The standard InChI is InChI=1S/C9H12N2O4/c1-7-5-10-6-8(11(12)13)9(7)15-4-3-14-2/h5-6H,3-4H2,1-2H3. The molecule has 0 bridgehead atoms. The first-order chi connectivity index (χ1) is 7.16. The van der Waals surface area contributed by atoms with E-state index in [1.54, 1.807) is 6.92 Å². The van der Waals surface area contributed by atoms with Crippen LogP contribution in [0.3, 0.4) is 0 Å². The fourth-order valence-corrected chi connectivity index (χ4v) is 1.08. The molecule has 0 atom stereocenters. The van der Waals surface area contributed by atoms with Gasteiger partial charge in [0.15, 0.2) is 0 Å². The molecule has 1 aromatic rings. The number of rotatable bonds is 5. The molecule has 0 saturated carbocycles. The average molecular weight is 212 g/mol. The largest absolute Gasteiger partial charge is 0.484 e. The van der Waals surface area contributed by atoms with Gasteiger partial charge in [-0.05, 0) is 6.92 Å². The summed E-state index contributed by atoms with van der Waals surface area (Å²) < 4.78 is 10.1. The highest BCUT2D eigenvalue weighted by Crippen LogP contribution is 2.28. The summed E-state index contributed by atoms with van der Waals surface area (Å²) in [5.41, 5.74) is 0.520. The zero-order chi connectivity index (χ0) is 11.3. The van der Waals surface area contributed by atoms with Crippen LogP contribution in [0.1, 0.15) is 5.56 Å². The van der Waals surface area contributed by atoms with E-state index in [0.29, 0.717) is 12.2 Å². The van der Waals surface area contributed by atoms with E-state index in [1.807, 2.05) is 0 Å². The molecule has 0 aromatic carbocycles. The quantitative estimate of drug-likeness (QED) is 0.418. The Morgan fingerprint density at radius 1 is 1.47 bits per heavy atom. The molecule has 6 heteroatoms. The lowest BCUT2D eigenvalue weighted by atomic mass is 10.2. The lowest BCUT2D eigenvalue weighted by Gasteiger charge is -2.07. The van der Waals surface area contributed by atoms with Gasteiger partial charge in [-0.25, -0.2) is 0 Å². The van der Waals surface area contributed by atoms with Gasteiger partial charge in [-0.1, -0.05) is 0 Å². The van der Waals surface area contributed by atoms with Crippen LogP contribution in [-0.4, -0.2) is 30.2 Å². The minimum absolute atomic E-state index is 0.119. The maximum absolute atomic E-state index is 10.7. The maximum Gasteiger partial charge on any atom is 0.329 e. The number of nitrogens with zero attached hydrogens (tertiary/aromatic N) is 2. The van der Waals surface area contributed by atoms with Gasteiger partial charge in [-0.3, -0.25) is 15.1 Å². The third kappa shape index (κ3) is 2.88. The molecule has 0 unspecified atom stereocenters. The minimum Gasteiger partial charge on any atom is -0.484 e. The molecule has 1 rings (SSSR count). The monoisotopic (exact) mass is 212 g/mol. The molecular weight excluding hydrogens is 200 g/mol. The summed E-state index contributed by atoms with van der Waals surface area (Å²) in [6, 6.07) is 0. The lowest BCUT2D eigenvalue weighted by Crippen LogP contribution is -2.07. The summed E-state index contributed by atoms with van der Waals surface area (Å²) in [4.78, 5) is 13.9. The van der Waals surface area contributed by atoms with Crippen molar-refractivity contribution in [2.45, 2.75) is 6.92 Å². The van der Waals surface area contributed by atoms with Gasteiger partial charge in [0.05, 0.1) is 11.5 Å². The maximum atomic E-state index is 10.7. The number of methoxy groups -OCH3 is 1. The van der Waals surface area contributed by atoms with Gasteiger partial charge in [0, 0.05) is 18.9 Å². The van der Waals surface area contributed by atoms with E-state index in [-0.39, 0.29) is 18.0 Å². The van der Waals surface area contributed by atoms with Gasteiger partial charge in [0.1, 0.15) is 12.8 Å². The third-order valence-corrected chi connectivity index (χ3v) is 1.79. The first kappa shape index (κ1) is 11.4. The molecule has 0 aliphatic carbocycles. The van der Waals surface area contributed by atoms with E-state index >= 15 is 0 Å². The third-order valence-electron chi connectivity index (χ3n) is 1.79. The Labute approximate surface area is 87.0 Å². The van der Waals surface area contributed by atoms with E-state index in [0.717, 1.165) is 0 Å². The lowest BCUT2D eigenvalue weighted by molar-refractivity contribution is -0.386. The molecular formula is C9H12N2O4. The Hall–Kier alpha value is -1.69. The van der Waals surface area contributed by atoms with E-state index in [9.17, 15) is 10.1 Å². The van der Waals surface area contributed by atoms with Crippen molar-refractivity contribution in [1.82, 2.24) is 4.98 Å². The van der Waals surface area contributed by atoms with Crippen LogP contribution >= 0.6 is 0 Å². The van der Waals surface area contributed by atoms with E-state index < -0.39 is 4.92 Å². The first-order valence-electron chi connectivity index (χ1n) is 4.37. The Morgan fingerprint density at radius 2 is 2.20 bits per heavy atom. The molecule has 0 aliphatic rings. The predicted molar refractivity (Wildman–Crippen MR) is 53.0 cm³/mol. The number of aryl methyl sites for hydroxylation is 1. The van der Waals surface area contributed by atoms with Gasteiger partial charge in [0.25, 0.3) is 0 Å². The highest BCUT2D eigenvalue weighted by atomic mass is 16.6. The van der Waals surface area contributed by atoms with Crippen LogP contribution < -0.4 is 4.74 Å². The molecule has 0 aliphatic heterocycles. The summed E-state index contributed by atoms with van der Waals surface area (Å²) in [6.07, 6.45) is 2.70. The normalized spacial score (nSPS) is 10.0. The number of nitro groups is 1. The molecule has 6 nitrogen and oxygen atoms in total. The van der Waals surface area contributed by atoms with Crippen molar-refractivity contribution in [3.63, 3.8) is 0 Å². The van der Waals surface area contributed by atoms with E-state index in [1.165, 1.54) is 19.5 Å². The van der Waals surface area contributed by atoms with Crippen molar-refractivity contribution in [3.8, 4) is 5.75 Å². The second-order valence-electron chi connectivity index (χ2n) is 2.90. The molecule has 0 spiro atoms. The van der Waals surface area contributed by atoms with Crippen LogP contribution in [0, 0.1) is 17.0 Å². The zero-order valence-corrected chi connectivity index (χ0v) is 8.60. The molecule has 0 saturated heterocycles. The average Bonchev–Trinajstić information content (AvgIpc) is 2.20. The number of pyridine rings is 1. The summed E-state index contributed by atoms with van der Waals surface area (Å²) in [5.74, 6) is 0.257. The predicted octanol–water partition coefficient (Wildman–Crippen LogP) is 1.32. The van der Waals surface area contributed by atoms with Crippen LogP contribution in [0.5, 0.6) is 5.75 Å². The number of ether oxygens (including phenoxy) is 2. The van der Waals surface area contributed by atoms with Crippen LogP contribution in [0.2, 0.25) is 0 Å². The van der Waals surface area contributed by atoms with Gasteiger partial charge in [-0.15, -0.1) is 0 Å². The van der Waals surface area contributed by atoms with Gasteiger partial charge in [-0.2, -0.15) is 0 Å². The van der Waals surface area contributed by atoms with Gasteiger partial charge in [0.2, 0.25) is 5.75 Å². The SMILES string of the molecule is COCCOc1c(C)cncc1[N+](=O)[O-]. The highest BCUT2D eigenvalue weighted by Gasteiger charge is 2.17. The van der Waals surface area contributed by atoms with Crippen LogP contribution in [-0.2, 0) is 4.74 Å². The fraction of sp³-hybridized carbons (Fsp3) is 0.444. The Morgan fingerprint density at radius 3 is 2.80 bits per heavy atom. The number of hydrogen-bond acceptors (Lipinski definition) is 5. The summed E-state index contributed by atoms with van der Waals surface area (Å²) in [7, 11) is 1.54. The first-order valence-corrected chi connectivity index (χ1v) is 4.37. The summed E-state index contributed by atoms with van der Waals surface area (Å²) >= 11 is 0. The minimum atomic E-state index is -0.512. The topological polar surface area (TPSA) is 74.5 Å². The molecule has 1 aromatic heterocycles. The molecule has 1 heterocycles. The second-order valence-corrected chi connectivity index (χ2v) is 2.90. The molecule has 0 amide bonds. The molecule has 82 valence electrons. The molecule has 0 N–H and O–H groups in total. The fourth-order valence-electron chi connectivity index (χ4n) is 1.08. The smallest absolute Gasteiger partial charge is 0.329 e. The van der Waals surface area contributed by atoms with E-state index in [4.69, 9.17) is 9.47 Å². The summed E-state index contributed by atoms with van der Waals surface area (Å²) in [5, 5.41) is 10.7. The van der Waals surface area contributed by atoms with Crippen LogP contribution in [0.4, 0.5) is 5.69 Å². The second kappa shape index (κ2) is 5.26. The zero-order valence-electron chi connectivity index (χ0n) is 8.60. The Bertz CT molecular complexity index is 354. The highest BCUT2D eigenvalue weighted by molar-refractivity contribution is 5.48. The van der Waals surface area contributed by atoms with Gasteiger partial charge < -0.3 is 9.47 Å². The molecule has 0 fully saturated rings.